The maximum absolute atomic E-state index is 12.2. The molecule has 160 valence electrons. The highest BCUT2D eigenvalue weighted by Crippen LogP contribution is 2.38. The summed E-state index contributed by atoms with van der Waals surface area (Å²) in [6.07, 6.45) is -4.34. The Morgan fingerprint density at radius 3 is 2.57 bits per heavy atom. The third-order valence-corrected chi connectivity index (χ3v) is 5.69. The largest absolute Gasteiger partial charge is 0.411 e. The average Bonchev–Trinajstić information content (AvgIpc) is 2.67. The zero-order valence-corrected chi connectivity index (χ0v) is 17.2. The number of anilines is 1. The molecule has 5 nitrogen and oxygen atoms in total. The molecule has 0 fully saturated rings. The van der Waals surface area contributed by atoms with Gasteiger partial charge in [0.25, 0.3) is 0 Å². The second-order valence-electron chi connectivity index (χ2n) is 6.64. The molecule has 1 aliphatic heterocycles. The fourth-order valence-electron chi connectivity index (χ4n) is 2.74. The molecule has 30 heavy (non-hydrogen) atoms. The van der Waals surface area contributed by atoms with Crippen LogP contribution in [0.2, 0.25) is 5.02 Å². The van der Waals surface area contributed by atoms with Crippen LogP contribution in [0, 0.1) is 0 Å². The van der Waals surface area contributed by atoms with E-state index in [0.717, 1.165) is 10.5 Å². The van der Waals surface area contributed by atoms with Crippen LogP contribution in [0.5, 0.6) is 0 Å². The molecule has 0 saturated carbocycles. The Hall–Kier alpha value is -2.23. The molecule has 1 atom stereocenters. The Morgan fingerprint density at radius 1 is 1.17 bits per heavy atom. The number of nitrogens with one attached hydrogen (secondary N) is 2. The summed E-state index contributed by atoms with van der Waals surface area (Å²) in [6.45, 7) is -1.20. The molecule has 2 aromatic carbocycles. The third-order valence-electron chi connectivity index (χ3n) is 4.18. The van der Waals surface area contributed by atoms with Crippen molar-refractivity contribution in [2.75, 3.05) is 11.9 Å². The van der Waals surface area contributed by atoms with Gasteiger partial charge in [0.1, 0.15) is 6.61 Å². The molecule has 10 heteroatoms. The van der Waals surface area contributed by atoms with Gasteiger partial charge in [0.2, 0.25) is 11.8 Å². The number of hydrogen-bond acceptors (Lipinski definition) is 4. The summed E-state index contributed by atoms with van der Waals surface area (Å²) in [5, 5.41) is 5.47. The number of hydrogen-bond donors (Lipinski definition) is 2. The number of carbonyl (C=O) groups is 2. The first-order valence-electron chi connectivity index (χ1n) is 8.96. The van der Waals surface area contributed by atoms with Gasteiger partial charge < -0.3 is 15.4 Å². The van der Waals surface area contributed by atoms with E-state index in [0.29, 0.717) is 16.3 Å². The van der Waals surface area contributed by atoms with E-state index in [-0.39, 0.29) is 31.4 Å². The van der Waals surface area contributed by atoms with Crippen molar-refractivity contribution in [1.82, 2.24) is 5.32 Å². The van der Waals surface area contributed by atoms with Crippen LogP contribution in [0.15, 0.2) is 47.4 Å². The molecular weight excluding hydrogens is 441 g/mol. The standard InChI is InChI=1S/C20H18ClF3N2O3S/c21-14-5-6-16-15(7-14)26-19(28)17(30-16)8-18(27)25-9-12-1-3-13(4-2-12)10-29-11-20(22,23)24/h1-7,17H,8-11H2,(H,25,27)(H,26,28). The minimum Gasteiger partial charge on any atom is -0.367 e. The number of alkyl halides is 3. The Kier molecular flexibility index (Phi) is 7.27. The predicted octanol–water partition coefficient (Wildman–Crippen LogP) is 4.54. The lowest BCUT2D eigenvalue weighted by Crippen LogP contribution is -2.34. The van der Waals surface area contributed by atoms with Gasteiger partial charge in [0.05, 0.1) is 17.5 Å². The average molecular weight is 459 g/mol. The number of benzene rings is 2. The summed E-state index contributed by atoms with van der Waals surface area (Å²) in [6, 6.07) is 11.9. The number of carbonyl (C=O) groups excluding carboxylic acids is 2. The van der Waals surface area contributed by atoms with E-state index in [4.69, 9.17) is 11.6 Å². The van der Waals surface area contributed by atoms with Crippen LogP contribution >= 0.6 is 23.4 Å². The molecule has 0 radical (unpaired) electrons. The van der Waals surface area contributed by atoms with Gasteiger partial charge in [-0.3, -0.25) is 9.59 Å². The van der Waals surface area contributed by atoms with E-state index in [9.17, 15) is 22.8 Å². The molecule has 2 N–H and O–H groups in total. The molecule has 1 aliphatic rings. The van der Waals surface area contributed by atoms with Crippen molar-refractivity contribution in [3.05, 3.63) is 58.6 Å². The zero-order valence-electron chi connectivity index (χ0n) is 15.6. The Balaban J connectivity index is 1.45. The van der Waals surface area contributed by atoms with Crippen LogP contribution in [-0.4, -0.2) is 29.8 Å². The Labute approximate surface area is 180 Å². The minimum atomic E-state index is -4.35. The Morgan fingerprint density at radius 2 is 1.87 bits per heavy atom. The first-order valence-corrected chi connectivity index (χ1v) is 10.2. The molecule has 0 aliphatic carbocycles. The summed E-state index contributed by atoms with van der Waals surface area (Å²) < 4.78 is 40.9. The fourth-order valence-corrected chi connectivity index (χ4v) is 4.00. The van der Waals surface area contributed by atoms with Crippen molar-refractivity contribution in [3.8, 4) is 0 Å². The summed E-state index contributed by atoms with van der Waals surface area (Å²) in [5.74, 6) is -0.536. The van der Waals surface area contributed by atoms with Crippen molar-refractivity contribution in [2.45, 2.75) is 35.9 Å². The second-order valence-corrected chi connectivity index (χ2v) is 8.32. The molecule has 0 spiro atoms. The van der Waals surface area contributed by atoms with Crippen LogP contribution in [0.3, 0.4) is 0 Å². The molecule has 2 amide bonds. The van der Waals surface area contributed by atoms with Crippen molar-refractivity contribution in [1.29, 1.82) is 0 Å². The number of amides is 2. The Bertz CT molecular complexity index is 923. The monoisotopic (exact) mass is 458 g/mol. The first kappa shape index (κ1) is 22.5. The molecule has 1 unspecified atom stereocenters. The van der Waals surface area contributed by atoms with Gasteiger partial charge in [-0.05, 0) is 29.3 Å². The van der Waals surface area contributed by atoms with Crippen LogP contribution < -0.4 is 10.6 Å². The number of thioether (sulfide) groups is 1. The maximum atomic E-state index is 12.2. The highest BCUT2D eigenvalue weighted by molar-refractivity contribution is 8.01. The van der Waals surface area contributed by atoms with Gasteiger partial charge in [-0.2, -0.15) is 13.2 Å². The second kappa shape index (κ2) is 9.72. The smallest absolute Gasteiger partial charge is 0.367 e. The lowest BCUT2D eigenvalue weighted by molar-refractivity contribution is -0.176. The summed E-state index contributed by atoms with van der Waals surface area (Å²) in [4.78, 5) is 25.3. The van der Waals surface area contributed by atoms with Crippen molar-refractivity contribution >= 4 is 40.9 Å². The molecule has 1 heterocycles. The molecular formula is C20H18ClF3N2O3S. The highest BCUT2D eigenvalue weighted by atomic mass is 35.5. The topological polar surface area (TPSA) is 67.4 Å². The zero-order chi connectivity index (χ0) is 21.7. The van der Waals surface area contributed by atoms with Crippen LogP contribution in [0.1, 0.15) is 17.5 Å². The summed E-state index contributed by atoms with van der Waals surface area (Å²) in [5.41, 5.74) is 2.01. The third kappa shape index (κ3) is 6.65. The minimum absolute atomic E-state index is 0.0158. The summed E-state index contributed by atoms with van der Waals surface area (Å²) in [7, 11) is 0. The van der Waals surface area contributed by atoms with E-state index in [1.165, 1.54) is 11.8 Å². The molecule has 0 saturated heterocycles. The lowest BCUT2D eigenvalue weighted by Gasteiger charge is -2.23. The van der Waals surface area contributed by atoms with Crippen LogP contribution in [-0.2, 0) is 27.5 Å². The highest BCUT2D eigenvalue weighted by Gasteiger charge is 2.29. The molecule has 0 aromatic heterocycles. The lowest BCUT2D eigenvalue weighted by atomic mass is 10.1. The number of halogens is 4. The van der Waals surface area contributed by atoms with Gasteiger partial charge in [0.15, 0.2) is 0 Å². The number of rotatable bonds is 7. The van der Waals surface area contributed by atoms with Crippen molar-refractivity contribution in [2.24, 2.45) is 0 Å². The van der Waals surface area contributed by atoms with Gasteiger partial charge in [-0.1, -0.05) is 35.9 Å². The quantitative estimate of drug-likeness (QED) is 0.639. The maximum Gasteiger partial charge on any atom is 0.411 e. The first-order chi connectivity index (χ1) is 14.2. The summed E-state index contributed by atoms with van der Waals surface area (Å²) >= 11 is 7.23. The number of ether oxygens (including phenoxy) is 1. The van der Waals surface area contributed by atoms with E-state index < -0.39 is 18.0 Å². The van der Waals surface area contributed by atoms with E-state index >= 15 is 0 Å². The number of fused-ring (bicyclic) bond motifs is 1. The molecule has 3 rings (SSSR count). The van der Waals surface area contributed by atoms with E-state index in [1.54, 1.807) is 42.5 Å². The van der Waals surface area contributed by atoms with Gasteiger partial charge >= 0.3 is 6.18 Å². The molecule has 0 bridgehead atoms. The van der Waals surface area contributed by atoms with Crippen molar-refractivity contribution < 1.29 is 27.5 Å². The van der Waals surface area contributed by atoms with Gasteiger partial charge in [-0.25, -0.2) is 0 Å². The fraction of sp³-hybridized carbons (Fsp3) is 0.300. The van der Waals surface area contributed by atoms with E-state index in [2.05, 4.69) is 15.4 Å². The predicted molar refractivity (Wildman–Crippen MR) is 108 cm³/mol. The SMILES string of the molecule is O=C(CC1Sc2ccc(Cl)cc2NC1=O)NCc1ccc(COCC(F)(F)F)cc1. The van der Waals surface area contributed by atoms with Crippen molar-refractivity contribution in [3.63, 3.8) is 0 Å². The van der Waals surface area contributed by atoms with Gasteiger partial charge in [0, 0.05) is 22.9 Å². The van der Waals surface area contributed by atoms with Crippen LogP contribution in [0.25, 0.3) is 0 Å². The van der Waals surface area contributed by atoms with E-state index in [1.807, 2.05) is 0 Å². The normalized spacial score (nSPS) is 16.0. The van der Waals surface area contributed by atoms with Crippen LogP contribution in [0.4, 0.5) is 18.9 Å². The van der Waals surface area contributed by atoms with Gasteiger partial charge in [-0.15, -0.1) is 11.8 Å². The molecule has 2 aromatic rings.